The lowest BCUT2D eigenvalue weighted by Crippen LogP contribution is -2.27. The average molecular weight is 585 g/mol. The summed E-state index contributed by atoms with van der Waals surface area (Å²) in [6.07, 6.45) is 8.32. The Hall–Kier alpha value is -3.42. The molecule has 2 amide bonds. The number of nitrogens with one attached hydrogen (secondary N) is 2. The third-order valence-electron chi connectivity index (χ3n) is 6.60. The molecule has 0 aromatic heterocycles. The molecule has 0 saturated heterocycles. The lowest BCUT2D eigenvalue weighted by atomic mass is 10.2. The van der Waals surface area contributed by atoms with Crippen LogP contribution in [-0.2, 0) is 22.7 Å². The fourth-order valence-electron chi connectivity index (χ4n) is 3.90. The van der Waals surface area contributed by atoms with Crippen LogP contribution in [0.1, 0.15) is 103 Å². The van der Waals surface area contributed by atoms with Crippen LogP contribution in [0.15, 0.2) is 36.4 Å². The normalized spacial score (nSPS) is 10.7. The third-order valence-corrected chi connectivity index (χ3v) is 6.60. The molecule has 0 bridgehead atoms. The molecule has 0 aliphatic carbocycles. The summed E-state index contributed by atoms with van der Waals surface area (Å²) in [4.78, 5) is 24.9. The van der Waals surface area contributed by atoms with E-state index in [9.17, 15) is 9.59 Å². The van der Waals surface area contributed by atoms with Crippen LogP contribution >= 0.6 is 0 Å². The highest BCUT2D eigenvalue weighted by atomic mass is 16.5. The van der Waals surface area contributed by atoms with Crippen molar-refractivity contribution in [1.82, 2.24) is 10.6 Å². The molecule has 0 spiro atoms. The summed E-state index contributed by atoms with van der Waals surface area (Å²) in [5.74, 6) is 2.49. The van der Waals surface area contributed by atoms with Gasteiger partial charge >= 0.3 is 0 Å². The van der Waals surface area contributed by atoms with E-state index < -0.39 is 0 Å². The van der Waals surface area contributed by atoms with E-state index in [1.165, 1.54) is 0 Å². The van der Waals surface area contributed by atoms with Crippen LogP contribution in [0.4, 0.5) is 0 Å². The summed E-state index contributed by atoms with van der Waals surface area (Å²) in [7, 11) is 0. The van der Waals surface area contributed by atoms with E-state index in [4.69, 9.17) is 18.9 Å². The van der Waals surface area contributed by atoms with Crippen molar-refractivity contribution >= 4 is 11.8 Å². The van der Waals surface area contributed by atoms with E-state index in [1.807, 2.05) is 36.4 Å². The predicted molar refractivity (Wildman–Crippen MR) is 167 cm³/mol. The van der Waals surface area contributed by atoms with Crippen LogP contribution in [0.3, 0.4) is 0 Å². The zero-order valence-electron chi connectivity index (χ0n) is 26.2. The lowest BCUT2D eigenvalue weighted by molar-refractivity contribution is -0.126. The molecule has 2 N–H and O–H groups in total. The zero-order valence-corrected chi connectivity index (χ0v) is 26.2. The van der Waals surface area contributed by atoms with Crippen molar-refractivity contribution in [2.45, 2.75) is 105 Å². The first-order valence-corrected chi connectivity index (χ1v) is 15.8. The van der Waals surface area contributed by atoms with Crippen molar-refractivity contribution in [3.05, 3.63) is 47.5 Å². The monoisotopic (exact) mass is 584 g/mol. The van der Waals surface area contributed by atoms with E-state index in [2.05, 4.69) is 38.3 Å². The highest BCUT2D eigenvalue weighted by Crippen LogP contribution is 2.30. The van der Waals surface area contributed by atoms with Crippen molar-refractivity contribution in [3.8, 4) is 23.0 Å². The Bertz CT molecular complexity index is 975. The Morgan fingerprint density at radius 1 is 0.524 bits per heavy atom. The molecule has 0 radical (unpaired) electrons. The van der Waals surface area contributed by atoms with Crippen LogP contribution in [0.25, 0.3) is 0 Å². The Balaban J connectivity index is 1.82. The molecule has 0 aliphatic rings. The molecular formula is C34H52N2O6. The molecule has 0 unspecified atom stereocenters. The minimum absolute atomic E-state index is 0.111. The quantitative estimate of drug-likeness (QED) is 0.135. The van der Waals surface area contributed by atoms with Gasteiger partial charge in [0.25, 0.3) is 0 Å². The minimum Gasteiger partial charge on any atom is -0.490 e. The maximum Gasteiger partial charge on any atom is 0.220 e. The predicted octanol–water partition coefficient (Wildman–Crippen LogP) is 7.12. The van der Waals surface area contributed by atoms with Crippen LogP contribution in [-0.4, -0.2) is 38.2 Å². The first kappa shape index (κ1) is 34.8. The molecule has 2 aromatic rings. The molecule has 42 heavy (non-hydrogen) atoms. The molecule has 0 fully saturated rings. The number of hydrogen-bond donors (Lipinski definition) is 2. The SMILES string of the molecule is CCCCOc1ccc(CNC(=O)CCC(=O)NCc2ccc(OCCCC)c(OCCCC)c2)cc1OCCCC. The number of hydrogen-bond acceptors (Lipinski definition) is 6. The second kappa shape index (κ2) is 21.3. The molecule has 0 atom stereocenters. The fourth-order valence-corrected chi connectivity index (χ4v) is 3.90. The molecule has 0 aliphatic heterocycles. The van der Waals surface area contributed by atoms with Gasteiger partial charge in [-0.3, -0.25) is 9.59 Å². The molecule has 0 heterocycles. The van der Waals surface area contributed by atoms with Gasteiger partial charge in [-0.25, -0.2) is 0 Å². The summed E-state index contributed by atoms with van der Waals surface area (Å²) in [6, 6.07) is 11.5. The summed E-state index contributed by atoms with van der Waals surface area (Å²) in [5.41, 5.74) is 1.84. The zero-order chi connectivity index (χ0) is 30.4. The summed E-state index contributed by atoms with van der Waals surface area (Å²) in [6.45, 7) is 11.7. The Kier molecular flexibility index (Phi) is 17.6. The van der Waals surface area contributed by atoms with E-state index >= 15 is 0 Å². The molecule has 234 valence electrons. The van der Waals surface area contributed by atoms with Gasteiger partial charge in [-0.2, -0.15) is 0 Å². The number of ether oxygens (including phenoxy) is 4. The van der Waals surface area contributed by atoms with Crippen molar-refractivity contribution in [3.63, 3.8) is 0 Å². The van der Waals surface area contributed by atoms with Crippen LogP contribution in [0.2, 0.25) is 0 Å². The molecular weight excluding hydrogens is 532 g/mol. The fraction of sp³-hybridized carbons (Fsp3) is 0.588. The van der Waals surface area contributed by atoms with Crippen molar-refractivity contribution in [2.24, 2.45) is 0 Å². The lowest BCUT2D eigenvalue weighted by Gasteiger charge is -2.15. The number of unbranched alkanes of at least 4 members (excludes halogenated alkanes) is 4. The van der Waals surface area contributed by atoms with E-state index in [-0.39, 0.29) is 24.7 Å². The molecule has 2 aromatic carbocycles. The number of carbonyl (C=O) groups is 2. The van der Waals surface area contributed by atoms with Gasteiger partial charge in [-0.05, 0) is 61.1 Å². The van der Waals surface area contributed by atoms with E-state index in [1.54, 1.807) is 0 Å². The van der Waals surface area contributed by atoms with Gasteiger partial charge in [-0.1, -0.05) is 65.5 Å². The van der Waals surface area contributed by atoms with E-state index in [0.717, 1.165) is 74.0 Å². The number of carbonyl (C=O) groups excluding carboxylic acids is 2. The average Bonchev–Trinajstić information content (AvgIpc) is 3.00. The smallest absolute Gasteiger partial charge is 0.220 e. The van der Waals surface area contributed by atoms with Gasteiger partial charge in [0.05, 0.1) is 26.4 Å². The van der Waals surface area contributed by atoms with Crippen LogP contribution in [0, 0.1) is 0 Å². The second-order valence-corrected chi connectivity index (χ2v) is 10.4. The van der Waals surface area contributed by atoms with Gasteiger partial charge in [0.2, 0.25) is 11.8 Å². The van der Waals surface area contributed by atoms with Crippen molar-refractivity contribution in [1.29, 1.82) is 0 Å². The summed E-state index contributed by atoms with van der Waals surface area (Å²) < 4.78 is 23.7. The van der Waals surface area contributed by atoms with Gasteiger partial charge in [-0.15, -0.1) is 0 Å². The first-order chi connectivity index (χ1) is 20.5. The maximum atomic E-state index is 12.5. The van der Waals surface area contributed by atoms with Crippen molar-refractivity contribution in [2.75, 3.05) is 26.4 Å². The Labute approximate surface area is 252 Å². The number of benzene rings is 2. The largest absolute Gasteiger partial charge is 0.490 e. The molecule has 2 rings (SSSR count). The van der Waals surface area contributed by atoms with E-state index in [0.29, 0.717) is 51.0 Å². The summed E-state index contributed by atoms with van der Waals surface area (Å²) >= 11 is 0. The number of rotatable bonds is 23. The maximum absolute atomic E-state index is 12.5. The Morgan fingerprint density at radius 3 is 1.19 bits per heavy atom. The topological polar surface area (TPSA) is 95.1 Å². The highest BCUT2D eigenvalue weighted by molar-refractivity contribution is 5.83. The van der Waals surface area contributed by atoms with Gasteiger partial charge in [0.15, 0.2) is 23.0 Å². The molecule has 8 heteroatoms. The van der Waals surface area contributed by atoms with Crippen LogP contribution in [0.5, 0.6) is 23.0 Å². The third kappa shape index (κ3) is 14.0. The molecule has 8 nitrogen and oxygen atoms in total. The Morgan fingerprint density at radius 2 is 0.857 bits per heavy atom. The first-order valence-electron chi connectivity index (χ1n) is 15.8. The minimum atomic E-state index is -0.179. The van der Waals surface area contributed by atoms with Gasteiger partial charge < -0.3 is 29.6 Å². The molecule has 0 saturated carbocycles. The highest BCUT2D eigenvalue weighted by Gasteiger charge is 2.12. The van der Waals surface area contributed by atoms with Gasteiger partial charge in [0.1, 0.15) is 0 Å². The van der Waals surface area contributed by atoms with Crippen molar-refractivity contribution < 1.29 is 28.5 Å². The number of amides is 2. The standard InChI is InChI=1S/C34H52N2O6/c1-5-9-19-39-29-15-13-27(23-31(29)41-21-11-7-3)25-35-33(37)17-18-34(38)36-26-28-14-16-30(40-20-10-6-2)32(24-28)42-22-12-8-4/h13-16,23-24H,5-12,17-22,25-26H2,1-4H3,(H,35,37)(H,36,38). The summed E-state index contributed by atoms with van der Waals surface area (Å²) in [5, 5.41) is 5.82. The van der Waals surface area contributed by atoms with Gasteiger partial charge in [0, 0.05) is 25.9 Å². The van der Waals surface area contributed by atoms with Crippen LogP contribution < -0.4 is 29.6 Å². The second-order valence-electron chi connectivity index (χ2n) is 10.4.